The van der Waals surface area contributed by atoms with Gasteiger partial charge in [-0.3, -0.25) is 4.79 Å². The van der Waals surface area contributed by atoms with Crippen LogP contribution in [-0.4, -0.2) is 56.8 Å². The smallest absolute Gasteiger partial charge is 0.282 e. The fourth-order valence-corrected chi connectivity index (χ4v) is 4.81. The largest absolute Gasteiger partial charge is 0.497 e. The van der Waals surface area contributed by atoms with Crippen LogP contribution in [-0.2, 0) is 21.5 Å². The lowest BCUT2D eigenvalue weighted by atomic mass is 10.2. The van der Waals surface area contributed by atoms with Crippen molar-refractivity contribution in [1.29, 1.82) is 0 Å². The Bertz CT molecular complexity index is 976. The van der Waals surface area contributed by atoms with Crippen LogP contribution in [0.2, 0.25) is 0 Å². The van der Waals surface area contributed by atoms with E-state index in [1.165, 1.54) is 30.7 Å². The monoisotopic (exact) mass is 437 g/mol. The third kappa shape index (κ3) is 5.26. The van der Waals surface area contributed by atoms with Crippen molar-refractivity contribution < 1.29 is 27.1 Å². The third-order valence-corrected chi connectivity index (χ3v) is 6.62. The van der Waals surface area contributed by atoms with Crippen LogP contribution in [0.5, 0.6) is 11.5 Å². The number of carbonyl (C=O) groups excluding carboxylic acids is 1. The van der Waals surface area contributed by atoms with Crippen LogP contribution < -0.4 is 14.8 Å². The Hall–Kier alpha value is -2.69. The SMILES string of the molecule is COc1cc(NC(=O)CN2CCCN(Cc3ccc(F)cc3)S2(=O)=O)cc(OC)c1. The highest BCUT2D eigenvalue weighted by Gasteiger charge is 2.34. The summed E-state index contributed by atoms with van der Waals surface area (Å²) in [4.78, 5) is 12.5. The van der Waals surface area contributed by atoms with Crippen LogP contribution in [0.1, 0.15) is 12.0 Å². The van der Waals surface area contributed by atoms with Gasteiger partial charge in [0.2, 0.25) is 5.91 Å². The van der Waals surface area contributed by atoms with Gasteiger partial charge in [0.25, 0.3) is 10.2 Å². The number of nitrogens with zero attached hydrogens (tertiary/aromatic N) is 2. The number of benzene rings is 2. The van der Waals surface area contributed by atoms with E-state index in [0.29, 0.717) is 35.7 Å². The molecule has 10 heteroatoms. The Labute approximate surface area is 175 Å². The molecule has 0 atom stereocenters. The topological polar surface area (TPSA) is 88.2 Å². The van der Waals surface area contributed by atoms with Crippen molar-refractivity contribution in [3.63, 3.8) is 0 Å². The maximum Gasteiger partial charge on any atom is 0.282 e. The second-order valence-corrected chi connectivity index (χ2v) is 8.73. The zero-order valence-electron chi connectivity index (χ0n) is 16.8. The molecular formula is C20H24FN3O5S. The number of nitrogens with one attached hydrogen (secondary N) is 1. The molecule has 0 aromatic heterocycles. The van der Waals surface area contributed by atoms with Crippen molar-refractivity contribution in [3.05, 3.63) is 53.8 Å². The quantitative estimate of drug-likeness (QED) is 0.718. The molecule has 0 saturated carbocycles. The second-order valence-electron chi connectivity index (χ2n) is 6.80. The highest BCUT2D eigenvalue weighted by molar-refractivity contribution is 7.86. The third-order valence-electron chi connectivity index (χ3n) is 4.69. The highest BCUT2D eigenvalue weighted by atomic mass is 32.2. The van der Waals surface area contributed by atoms with Crippen LogP contribution in [0.15, 0.2) is 42.5 Å². The van der Waals surface area contributed by atoms with Crippen molar-refractivity contribution in [1.82, 2.24) is 8.61 Å². The summed E-state index contributed by atoms with van der Waals surface area (Å²) in [6.45, 7) is 0.387. The first-order chi connectivity index (χ1) is 14.3. The molecule has 0 aliphatic carbocycles. The van der Waals surface area contributed by atoms with Crippen molar-refractivity contribution in [3.8, 4) is 11.5 Å². The van der Waals surface area contributed by atoms with E-state index in [9.17, 15) is 17.6 Å². The number of rotatable bonds is 7. The molecule has 30 heavy (non-hydrogen) atoms. The standard InChI is InChI=1S/C20H24FN3O5S/c1-28-18-10-17(11-19(12-18)29-2)22-20(25)14-24-9-3-8-23(30(24,26)27)13-15-4-6-16(21)7-5-15/h4-7,10-12H,3,8-9,13-14H2,1-2H3,(H,22,25). The van der Waals surface area contributed by atoms with E-state index in [2.05, 4.69) is 5.32 Å². The molecule has 1 heterocycles. The predicted octanol–water partition coefficient (Wildman–Crippen LogP) is 2.23. The number of anilines is 1. The highest BCUT2D eigenvalue weighted by Crippen LogP contribution is 2.26. The van der Waals surface area contributed by atoms with E-state index in [0.717, 1.165) is 4.31 Å². The number of carbonyl (C=O) groups is 1. The summed E-state index contributed by atoms with van der Waals surface area (Å²) in [5.41, 5.74) is 1.11. The number of hydrogen-bond acceptors (Lipinski definition) is 5. The summed E-state index contributed by atoms with van der Waals surface area (Å²) in [5.74, 6) is 0.145. The summed E-state index contributed by atoms with van der Waals surface area (Å²) >= 11 is 0. The minimum Gasteiger partial charge on any atom is -0.497 e. The van der Waals surface area contributed by atoms with Crippen molar-refractivity contribution in [2.45, 2.75) is 13.0 Å². The van der Waals surface area contributed by atoms with Gasteiger partial charge in [-0.15, -0.1) is 0 Å². The summed E-state index contributed by atoms with van der Waals surface area (Å²) in [5, 5.41) is 2.68. The molecule has 1 saturated heterocycles. The molecule has 1 aliphatic rings. The Kier molecular flexibility index (Phi) is 6.91. The zero-order valence-corrected chi connectivity index (χ0v) is 17.6. The number of amides is 1. The molecule has 2 aromatic carbocycles. The maximum absolute atomic E-state index is 13.1. The van der Waals surface area contributed by atoms with Gasteiger partial charge in [0.1, 0.15) is 17.3 Å². The van der Waals surface area contributed by atoms with E-state index >= 15 is 0 Å². The summed E-state index contributed by atoms with van der Waals surface area (Å²) < 4.78 is 51.7. The Morgan fingerprint density at radius 2 is 1.63 bits per heavy atom. The van der Waals surface area contributed by atoms with Crippen LogP contribution >= 0.6 is 0 Å². The molecule has 162 valence electrons. The van der Waals surface area contributed by atoms with Gasteiger partial charge < -0.3 is 14.8 Å². The molecule has 1 fully saturated rings. The van der Waals surface area contributed by atoms with Gasteiger partial charge in [0, 0.05) is 43.5 Å². The van der Waals surface area contributed by atoms with Crippen molar-refractivity contribution in [2.24, 2.45) is 0 Å². The molecule has 1 N–H and O–H groups in total. The van der Waals surface area contributed by atoms with Crippen LogP contribution in [0.25, 0.3) is 0 Å². The first-order valence-electron chi connectivity index (χ1n) is 9.34. The Morgan fingerprint density at radius 1 is 1.03 bits per heavy atom. The van der Waals surface area contributed by atoms with E-state index in [4.69, 9.17) is 9.47 Å². The molecule has 1 amide bonds. The van der Waals surface area contributed by atoms with Gasteiger partial charge in [-0.05, 0) is 24.1 Å². The molecule has 8 nitrogen and oxygen atoms in total. The second kappa shape index (κ2) is 9.41. The first-order valence-corrected chi connectivity index (χ1v) is 10.7. The van der Waals surface area contributed by atoms with Gasteiger partial charge in [-0.25, -0.2) is 4.39 Å². The predicted molar refractivity (Wildman–Crippen MR) is 110 cm³/mol. The average molecular weight is 437 g/mol. The van der Waals surface area contributed by atoms with Crippen molar-refractivity contribution in [2.75, 3.05) is 39.2 Å². The molecule has 3 rings (SSSR count). The summed E-state index contributed by atoms with van der Waals surface area (Å²) in [7, 11) is -0.830. The zero-order chi connectivity index (χ0) is 21.7. The lowest BCUT2D eigenvalue weighted by Gasteiger charge is -2.34. The maximum atomic E-state index is 13.1. The Balaban J connectivity index is 1.68. The van der Waals surface area contributed by atoms with E-state index < -0.39 is 16.1 Å². The van der Waals surface area contributed by atoms with Gasteiger partial charge in [0.05, 0.1) is 20.8 Å². The number of methoxy groups -OCH3 is 2. The molecule has 0 radical (unpaired) electrons. The van der Waals surface area contributed by atoms with Gasteiger partial charge in [-0.2, -0.15) is 17.0 Å². The van der Waals surface area contributed by atoms with E-state index in [1.807, 2.05) is 0 Å². The van der Waals surface area contributed by atoms with Crippen molar-refractivity contribution >= 4 is 21.8 Å². The number of ether oxygens (including phenoxy) is 2. The van der Waals surface area contributed by atoms with Gasteiger partial charge >= 0.3 is 0 Å². The molecule has 0 unspecified atom stereocenters. The lowest BCUT2D eigenvalue weighted by molar-refractivity contribution is -0.116. The lowest BCUT2D eigenvalue weighted by Crippen LogP contribution is -2.51. The van der Waals surface area contributed by atoms with Crippen LogP contribution in [0.3, 0.4) is 0 Å². The first kappa shape index (κ1) is 22.0. The molecular weight excluding hydrogens is 413 g/mol. The summed E-state index contributed by atoms with van der Waals surface area (Å²) in [6, 6.07) is 10.6. The van der Waals surface area contributed by atoms with Gasteiger partial charge in [-0.1, -0.05) is 12.1 Å². The van der Waals surface area contributed by atoms with E-state index in [-0.39, 0.29) is 25.5 Å². The van der Waals surface area contributed by atoms with Crippen LogP contribution in [0.4, 0.5) is 10.1 Å². The fraction of sp³-hybridized carbons (Fsp3) is 0.350. The van der Waals surface area contributed by atoms with Gasteiger partial charge in [0.15, 0.2) is 0 Å². The molecule has 0 bridgehead atoms. The van der Waals surface area contributed by atoms with Crippen LogP contribution in [0, 0.1) is 5.82 Å². The molecule has 2 aromatic rings. The fourth-order valence-electron chi connectivity index (χ4n) is 3.17. The Morgan fingerprint density at radius 3 is 2.23 bits per heavy atom. The average Bonchev–Trinajstić information content (AvgIpc) is 2.72. The number of halogens is 1. The minimum absolute atomic E-state index is 0.119. The molecule has 1 aliphatic heterocycles. The normalized spacial score (nSPS) is 16.8. The molecule has 0 spiro atoms. The summed E-state index contributed by atoms with van der Waals surface area (Å²) in [6.07, 6.45) is 0.584. The number of hydrogen-bond donors (Lipinski definition) is 1. The van der Waals surface area contributed by atoms with E-state index in [1.54, 1.807) is 30.3 Å². The minimum atomic E-state index is -3.82.